The molecule has 5 nitrogen and oxygen atoms in total. The van der Waals surface area contributed by atoms with Gasteiger partial charge in [0.2, 0.25) is 10.0 Å². The Kier molecular flexibility index (Phi) is 4.08. The third kappa shape index (κ3) is 2.67. The highest BCUT2D eigenvalue weighted by Gasteiger charge is 2.47. The smallest absolute Gasteiger partial charge is 0.311 e. The molecule has 1 fully saturated rings. The molecule has 0 aliphatic carbocycles. The lowest BCUT2D eigenvalue weighted by Gasteiger charge is -2.23. The maximum atomic E-state index is 13.8. The number of nitrogens with zero attached hydrogens (tertiary/aromatic N) is 1. The van der Waals surface area contributed by atoms with E-state index in [4.69, 9.17) is 0 Å². The molecular weight excluding hydrogens is 297 g/mol. The summed E-state index contributed by atoms with van der Waals surface area (Å²) in [6.45, 7) is 3.37. The molecule has 0 saturated carbocycles. The first-order chi connectivity index (χ1) is 9.73. The van der Waals surface area contributed by atoms with Gasteiger partial charge in [0.1, 0.15) is 10.7 Å². The van der Waals surface area contributed by atoms with Gasteiger partial charge in [0.15, 0.2) is 0 Å². The van der Waals surface area contributed by atoms with E-state index in [9.17, 15) is 22.7 Å². The highest BCUT2D eigenvalue weighted by atomic mass is 32.2. The molecule has 1 aromatic rings. The molecular formula is C14H18FNO4S. The van der Waals surface area contributed by atoms with Gasteiger partial charge >= 0.3 is 5.97 Å². The summed E-state index contributed by atoms with van der Waals surface area (Å²) in [5.41, 5.74) is -0.443. The van der Waals surface area contributed by atoms with E-state index in [0.717, 1.165) is 10.4 Å². The van der Waals surface area contributed by atoms with Crippen LogP contribution < -0.4 is 0 Å². The lowest BCUT2D eigenvalue weighted by atomic mass is 9.85. The van der Waals surface area contributed by atoms with Crippen molar-refractivity contribution >= 4 is 16.0 Å². The number of benzene rings is 1. The zero-order chi connectivity index (χ0) is 15.8. The van der Waals surface area contributed by atoms with E-state index < -0.39 is 27.2 Å². The Labute approximate surface area is 123 Å². The third-order valence-corrected chi connectivity index (χ3v) is 6.01. The summed E-state index contributed by atoms with van der Waals surface area (Å²) in [6, 6.07) is 3.88. The highest BCUT2D eigenvalue weighted by molar-refractivity contribution is 7.89. The molecule has 0 amide bonds. The van der Waals surface area contributed by atoms with Crippen LogP contribution in [0.2, 0.25) is 0 Å². The molecule has 1 atom stereocenters. The molecule has 116 valence electrons. The van der Waals surface area contributed by atoms with E-state index in [0.29, 0.717) is 12.0 Å². The SMILES string of the molecule is CCC1(C(=O)O)CCN(S(=O)(=O)c2cc(C)ccc2F)C1. The second kappa shape index (κ2) is 5.38. The zero-order valence-corrected chi connectivity index (χ0v) is 12.8. The number of hydrogen-bond donors (Lipinski definition) is 1. The van der Waals surface area contributed by atoms with Crippen LogP contribution >= 0.6 is 0 Å². The first-order valence-electron chi connectivity index (χ1n) is 6.73. The summed E-state index contributed by atoms with van der Waals surface area (Å²) < 4.78 is 40.0. The summed E-state index contributed by atoms with van der Waals surface area (Å²) >= 11 is 0. The molecule has 1 aromatic carbocycles. The molecule has 0 radical (unpaired) electrons. The number of hydrogen-bond acceptors (Lipinski definition) is 3. The van der Waals surface area contributed by atoms with Crippen LogP contribution in [-0.2, 0) is 14.8 Å². The number of carbonyl (C=O) groups is 1. The van der Waals surface area contributed by atoms with E-state index in [1.807, 2.05) is 0 Å². The van der Waals surface area contributed by atoms with Crippen LogP contribution in [0.15, 0.2) is 23.1 Å². The minimum absolute atomic E-state index is 0.0931. The summed E-state index contributed by atoms with van der Waals surface area (Å²) in [4.78, 5) is 11.0. The van der Waals surface area contributed by atoms with Crippen molar-refractivity contribution < 1.29 is 22.7 Å². The van der Waals surface area contributed by atoms with Gasteiger partial charge in [-0.25, -0.2) is 12.8 Å². The van der Waals surface area contributed by atoms with Crippen molar-refractivity contribution in [3.05, 3.63) is 29.6 Å². The van der Waals surface area contributed by atoms with Gasteiger partial charge in [-0.3, -0.25) is 4.79 Å². The van der Waals surface area contributed by atoms with Gasteiger partial charge < -0.3 is 5.11 Å². The van der Waals surface area contributed by atoms with Crippen molar-refractivity contribution in [2.45, 2.75) is 31.6 Å². The topological polar surface area (TPSA) is 74.7 Å². The Balaban J connectivity index is 2.38. The number of halogens is 1. The number of aliphatic carboxylic acids is 1. The fourth-order valence-corrected chi connectivity index (χ4v) is 4.28. The fraction of sp³-hybridized carbons (Fsp3) is 0.500. The molecule has 1 unspecified atom stereocenters. The van der Waals surface area contributed by atoms with Crippen LogP contribution in [0.3, 0.4) is 0 Å². The monoisotopic (exact) mass is 315 g/mol. The molecule has 2 rings (SSSR count). The van der Waals surface area contributed by atoms with Gasteiger partial charge in [0, 0.05) is 13.1 Å². The number of sulfonamides is 1. The maximum absolute atomic E-state index is 13.8. The van der Waals surface area contributed by atoms with E-state index in [-0.39, 0.29) is 24.4 Å². The molecule has 1 heterocycles. The summed E-state index contributed by atoms with van der Waals surface area (Å²) in [7, 11) is -4.01. The third-order valence-electron chi connectivity index (χ3n) is 4.15. The molecule has 1 N–H and O–H groups in total. The van der Waals surface area contributed by atoms with Crippen molar-refractivity contribution in [2.24, 2.45) is 5.41 Å². The van der Waals surface area contributed by atoms with Crippen LogP contribution in [0.1, 0.15) is 25.3 Å². The van der Waals surface area contributed by atoms with E-state index in [1.54, 1.807) is 13.8 Å². The van der Waals surface area contributed by atoms with Crippen LogP contribution in [0.25, 0.3) is 0 Å². The van der Waals surface area contributed by atoms with Crippen LogP contribution in [0.5, 0.6) is 0 Å². The fourth-order valence-electron chi connectivity index (χ4n) is 2.60. The molecule has 0 aromatic heterocycles. The number of aryl methyl sites for hydroxylation is 1. The average molecular weight is 315 g/mol. The van der Waals surface area contributed by atoms with Crippen molar-refractivity contribution in [2.75, 3.05) is 13.1 Å². The number of carboxylic acid groups (broad SMARTS) is 1. The molecule has 1 aliphatic rings. The Hall–Kier alpha value is -1.47. The van der Waals surface area contributed by atoms with E-state index in [2.05, 4.69) is 0 Å². The lowest BCUT2D eigenvalue weighted by molar-refractivity contribution is -0.148. The normalized spacial score (nSPS) is 23.4. The Bertz CT molecular complexity index is 674. The van der Waals surface area contributed by atoms with Gasteiger partial charge in [0.05, 0.1) is 5.41 Å². The average Bonchev–Trinajstić information content (AvgIpc) is 2.88. The summed E-state index contributed by atoms with van der Waals surface area (Å²) in [5.74, 6) is -1.82. The molecule has 7 heteroatoms. The van der Waals surface area contributed by atoms with Crippen LogP contribution in [0.4, 0.5) is 4.39 Å². The van der Waals surface area contributed by atoms with E-state index >= 15 is 0 Å². The standard InChI is InChI=1S/C14H18FNO4S/c1-3-14(13(17)18)6-7-16(9-14)21(19,20)12-8-10(2)4-5-11(12)15/h4-5,8H,3,6-7,9H2,1-2H3,(H,17,18). The minimum atomic E-state index is -4.01. The first-order valence-corrected chi connectivity index (χ1v) is 8.17. The summed E-state index contributed by atoms with van der Waals surface area (Å²) in [6.07, 6.45) is 0.580. The lowest BCUT2D eigenvalue weighted by Crippen LogP contribution is -2.36. The second-order valence-electron chi connectivity index (χ2n) is 5.46. The second-order valence-corrected chi connectivity index (χ2v) is 7.37. The Morgan fingerprint density at radius 2 is 2.14 bits per heavy atom. The van der Waals surface area contributed by atoms with Gasteiger partial charge in [-0.1, -0.05) is 13.0 Å². The van der Waals surface area contributed by atoms with Crippen molar-refractivity contribution in [1.29, 1.82) is 0 Å². The van der Waals surface area contributed by atoms with Gasteiger partial charge in [-0.2, -0.15) is 4.31 Å². The maximum Gasteiger partial charge on any atom is 0.311 e. The van der Waals surface area contributed by atoms with Crippen molar-refractivity contribution in [1.82, 2.24) is 4.31 Å². The number of carboxylic acids is 1. The molecule has 0 bridgehead atoms. The Morgan fingerprint density at radius 1 is 1.48 bits per heavy atom. The summed E-state index contributed by atoms with van der Waals surface area (Å²) in [5, 5.41) is 9.32. The predicted molar refractivity (Wildman–Crippen MR) is 74.9 cm³/mol. The van der Waals surface area contributed by atoms with Crippen LogP contribution in [0, 0.1) is 18.2 Å². The molecule has 0 spiro atoms. The largest absolute Gasteiger partial charge is 0.481 e. The van der Waals surface area contributed by atoms with Gasteiger partial charge in [-0.15, -0.1) is 0 Å². The van der Waals surface area contributed by atoms with E-state index in [1.165, 1.54) is 12.1 Å². The van der Waals surface area contributed by atoms with Gasteiger partial charge in [-0.05, 0) is 37.5 Å². The highest BCUT2D eigenvalue weighted by Crippen LogP contribution is 2.37. The quantitative estimate of drug-likeness (QED) is 0.922. The minimum Gasteiger partial charge on any atom is -0.481 e. The molecule has 1 aliphatic heterocycles. The van der Waals surface area contributed by atoms with Crippen LogP contribution in [-0.4, -0.2) is 36.9 Å². The number of rotatable bonds is 4. The van der Waals surface area contributed by atoms with Gasteiger partial charge in [0.25, 0.3) is 0 Å². The van der Waals surface area contributed by atoms with Crippen molar-refractivity contribution in [3.63, 3.8) is 0 Å². The molecule has 1 saturated heterocycles. The van der Waals surface area contributed by atoms with Crippen molar-refractivity contribution in [3.8, 4) is 0 Å². The first kappa shape index (κ1) is 15.9. The zero-order valence-electron chi connectivity index (χ0n) is 12.0. The Morgan fingerprint density at radius 3 is 2.67 bits per heavy atom. The predicted octanol–water partition coefficient (Wildman–Crippen LogP) is 2.01. The molecule has 21 heavy (non-hydrogen) atoms.